The molecular weight excluding hydrogens is 478 g/mol. The zero-order valence-corrected chi connectivity index (χ0v) is 20.7. The van der Waals surface area contributed by atoms with E-state index >= 15 is 0 Å². The number of morpholine rings is 1. The van der Waals surface area contributed by atoms with Crippen molar-refractivity contribution in [1.82, 2.24) is 4.90 Å². The van der Waals surface area contributed by atoms with Crippen LogP contribution in [0.5, 0.6) is 5.75 Å². The number of carboxylic acids is 1. The van der Waals surface area contributed by atoms with Gasteiger partial charge in [0, 0.05) is 24.2 Å². The lowest BCUT2D eigenvalue weighted by molar-refractivity contribution is -0.142. The molecule has 2 aliphatic rings. The van der Waals surface area contributed by atoms with Crippen molar-refractivity contribution in [2.24, 2.45) is 5.92 Å². The van der Waals surface area contributed by atoms with Crippen LogP contribution in [0.3, 0.4) is 0 Å². The summed E-state index contributed by atoms with van der Waals surface area (Å²) in [6, 6.07) is 0. The summed E-state index contributed by atoms with van der Waals surface area (Å²) in [5, 5.41) is 11.9. The van der Waals surface area contributed by atoms with Gasteiger partial charge >= 0.3 is 18.4 Å². The van der Waals surface area contributed by atoms with Gasteiger partial charge < -0.3 is 24.6 Å². The van der Waals surface area contributed by atoms with E-state index < -0.39 is 30.2 Å². The van der Waals surface area contributed by atoms with Crippen LogP contribution in [0.15, 0.2) is 11.6 Å². The lowest BCUT2D eigenvalue weighted by atomic mass is 9.92. The van der Waals surface area contributed by atoms with Gasteiger partial charge in [0.15, 0.2) is 0 Å². The number of cyclic esters (lactones) is 1. The minimum absolute atomic E-state index is 0.0391. The Morgan fingerprint density at radius 1 is 1.28 bits per heavy atom. The molecule has 0 saturated carbocycles. The van der Waals surface area contributed by atoms with Crippen molar-refractivity contribution in [1.29, 1.82) is 0 Å². The number of amides is 1. The van der Waals surface area contributed by atoms with E-state index in [1.807, 2.05) is 0 Å². The number of nitrogens with one attached hydrogen (secondary N) is 1. The average molecular weight is 511 g/mol. The zero-order valence-electron chi connectivity index (χ0n) is 20.7. The average Bonchev–Trinajstić information content (AvgIpc) is 3.24. The number of ether oxygens (including phenoxy) is 3. The minimum atomic E-state index is -3.28. The standard InChI is InChI=1S/C25H32F2N2O7/c1-14(12-16(24(31)32)6-7-29-8-10-35-11-9-29)4-5-17-20(28-23(30)22(26)27)19-18(13-36-25(19)33)15(2)21(17)34-3/h4,16,22H,5-13H2,1-3H3,(H,28,30)(H,31,32)/b14-4+. The summed E-state index contributed by atoms with van der Waals surface area (Å²) in [4.78, 5) is 38.3. The SMILES string of the molecule is COc1c(C)c2c(c(NC(=O)C(F)F)c1C/C=C(\C)CC(CCN1CCOCC1)C(=O)O)C(=O)OC2. The number of carboxylic acid groups (broad SMARTS) is 1. The molecule has 1 aromatic rings. The highest BCUT2D eigenvalue weighted by molar-refractivity contribution is 6.06. The number of carbonyl (C=O) groups excluding carboxylic acids is 2. The van der Waals surface area contributed by atoms with Crippen molar-refractivity contribution < 1.29 is 42.5 Å². The van der Waals surface area contributed by atoms with Crippen LogP contribution in [-0.4, -0.2) is 74.2 Å². The number of esters is 1. The second kappa shape index (κ2) is 12.3. The molecule has 0 aromatic heterocycles. The molecule has 1 aromatic carbocycles. The lowest BCUT2D eigenvalue weighted by Gasteiger charge is -2.27. The van der Waals surface area contributed by atoms with E-state index in [2.05, 4.69) is 10.2 Å². The fourth-order valence-corrected chi connectivity index (χ4v) is 4.59. The zero-order chi connectivity index (χ0) is 26.4. The molecule has 1 saturated heterocycles. The van der Waals surface area contributed by atoms with Crippen molar-refractivity contribution in [3.8, 4) is 5.75 Å². The number of fused-ring (bicyclic) bond motifs is 1. The number of allylic oxidation sites excluding steroid dienone is 2. The Hall–Kier alpha value is -3.05. The number of hydrogen-bond acceptors (Lipinski definition) is 7. The Bertz CT molecular complexity index is 1040. The maximum atomic E-state index is 13.1. The Labute approximate surface area is 208 Å². The van der Waals surface area contributed by atoms with Crippen molar-refractivity contribution >= 4 is 23.5 Å². The molecule has 3 rings (SSSR count). The van der Waals surface area contributed by atoms with Gasteiger partial charge in [0.25, 0.3) is 5.91 Å². The molecule has 1 atom stereocenters. The number of hydrogen-bond donors (Lipinski definition) is 2. The van der Waals surface area contributed by atoms with Gasteiger partial charge in [-0.15, -0.1) is 0 Å². The number of halogens is 2. The van der Waals surface area contributed by atoms with Gasteiger partial charge in [-0.3, -0.25) is 14.5 Å². The summed E-state index contributed by atoms with van der Waals surface area (Å²) in [6.07, 6.45) is -0.605. The van der Waals surface area contributed by atoms with Gasteiger partial charge in [-0.25, -0.2) is 4.79 Å². The van der Waals surface area contributed by atoms with Crippen molar-refractivity contribution in [2.75, 3.05) is 45.3 Å². The monoisotopic (exact) mass is 510 g/mol. The third kappa shape index (κ3) is 6.38. The summed E-state index contributed by atoms with van der Waals surface area (Å²) < 4.78 is 42.1. The molecule has 0 aliphatic carbocycles. The fraction of sp³-hybridized carbons (Fsp3) is 0.560. The Morgan fingerprint density at radius 2 is 1.97 bits per heavy atom. The Balaban J connectivity index is 1.85. The van der Waals surface area contributed by atoms with Crippen LogP contribution < -0.4 is 10.1 Å². The van der Waals surface area contributed by atoms with Crippen LogP contribution in [0.2, 0.25) is 0 Å². The lowest BCUT2D eigenvalue weighted by Crippen LogP contribution is -2.38. The number of carbonyl (C=O) groups is 3. The maximum absolute atomic E-state index is 13.1. The molecule has 2 heterocycles. The summed E-state index contributed by atoms with van der Waals surface area (Å²) in [7, 11) is 1.41. The topological polar surface area (TPSA) is 114 Å². The van der Waals surface area contributed by atoms with Crippen LogP contribution in [0.25, 0.3) is 0 Å². The molecule has 9 nitrogen and oxygen atoms in total. The number of rotatable bonds is 11. The number of methoxy groups -OCH3 is 1. The van der Waals surface area contributed by atoms with Crippen molar-refractivity contribution in [2.45, 2.75) is 46.1 Å². The predicted molar refractivity (Wildman–Crippen MR) is 127 cm³/mol. The van der Waals surface area contributed by atoms with Crippen LogP contribution in [0, 0.1) is 12.8 Å². The minimum Gasteiger partial charge on any atom is -0.496 e. The van der Waals surface area contributed by atoms with Gasteiger partial charge in [0.2, 0.25) is 0 Å². The first-order valence-electron chi connectivity index (χ1n) is 11.8. The van der Waals surface area contributed by atoms with Gasteiger partial charge in [-0.1, -0.05) is 11.6 Å². The molecule has 0 radical (unpaired) electrons. The molecule has 198 valence electrons. The first-order chi connectivity index (χ1) is 17.1. The van der Waals surface area contributed by atoms with E-state index in [1.165, 1.54) is 7.11 Å². The van der Waals surface area contributed by atoms with E-state index in [1.54, 1.807) is 19.9 Å². The highest BCUT2D eigenvalue weighted by atomic mass is 19.3. The van der Waals surface area contributed by atoms with Crippen molar-refractivity contribution in [3.05, 3.63) is 33.9 Å². The van der Waals surface area contributed by atoms with Crippen LogP contribution in [0.4, 0.5) is 14.5 Å². The molecule has 2 aliphatic heterocycles. The fourth-order valence-electron chi connectivity index (χ4n) is 4.59. The van der Waals surface area contributed by atoms with Gasteiger partial charge in [0.05, 0.1) is 37.5 Å². The maximum Gasteiger partial charge on any atom is 0.341 e. The second-order valence-electron chi connectivity index (χ2n) is 8.97. The molecule has 1 amide bonds. The molecular formula is C25H32F2N2O7. The van der Waals surface area contributed by atoms with E-state index in [0.29, 0.717) is 55.0 Å². The van der Waals surface area contributed by atoms with Crippen LogP contribution in [0.1, 0.15) is 46.8 Å². The summed E-state index contributed by atoms with van der Waals surface area (Å²) in [5.41, 5.74) is 2.19. The summed E-state index contributed by atoms with van der Waals surface area (Å²) >= 11 is 0. The molecule has 1 fully saturated rings. The first-order valence-corrected chi connectivity index (χ1v) is 11.8. The Morgan fingerprint density at radius 3 is 2.58 bits per heavy atom. The highest BCUT2D eigenvalue weighted by Crippen LogP contribution is 2.41. The summed E-state index contributed by atoms with van der Waals surface area (Å²) in [5.74, 6) is -3.40. The van der Waals surface area contributed by atoms with Crippen LogP contribution >= 0.6 is 0 Å². The first kappa shape index (κ1) is 27.5. The van der Waals surface area contributed by atoms with E-state index in [0.717, 1.165) is 18.7 Å². The molecule has 2 N–H and O–H groups in total. The molecule has 0 bridgehead atoms. The number of anilines is 1. The quantitative estimate of drug-likeness (QED) is 0.345. The third-order valence-corrected chi connectivity index (χ3v) is 6.59. The van der Waals surface area contributed by atoms with Gasteiger partial charge in [-0.05, 0) is 45.2 Å². The number of aliphatic carboxylic acids is 1. The third-order valence-electron chi connectivity index (χ3n) is 6.59. The van der Waals surface area contributed by atoms with E-state index in [-0.39, 0.29) is 24.3 Å². The smallest absolute Gasteiger partial charge is 0.341 e. The second-order valence-corrected chi connectivity index (χ2v) is 8.97. The van der Waals surface area contributed by atoms with Gasteiger partial charge in [0.1, 0.15) is 12.4 Å². The molecule has 1 unspecified atom stereocenters. The number of nitrogens with zero attached hydrogens (tertiary/aromatic N) is 1. The molecule has 11 heteroatoms. The largest absolute Gasteiger partial charge is 0.496 e. The van der Waals surface area contributed by atoms with E-state index in [4.69, 9.17) is 14.2 Å². The molecule has 36 heavy (non-hydrogen) atoms. The number of alkyl halides is 2. The molecule has 0 spiro atoms. The van der Waals surface area contributed by atoms with Gasteiger partial charge in [-0.2, -0.15) is 8.78 Å². The normalized spacial score (nSPS) is 17.1. The van der Waals surface area contributed by atoms with Crippen LogP contribution in [-0.2, 0) is 32.1 Å². The van der Waals surface area contributed by atoms with E-state index in [9.17, 15) is 28.3 Å². The Kier molecular flexibility index (Phi) is 9.38. The summed E-state index contributed by atoms with van der Waals surface area (Å²) in [6.45, 7) is 6.94. The number of benzene rings is 1. The van der Waals surface area contributed by atoms with Crippen molar-refractivity contribution in [3.63, 3.8) is 0 Å². The predicted octanol–water partition coefficient (Wildman–Crippen LogP) is 3.18. The highest BCUT2D eigenvalue weighted by Gasteiger charge is 2.33.